The standard InChI is InChI=1S/C8H16N2O2/c1-8(2)3-6(8)10-4-5(9)7(11)12/h5-6,10H,3-4,9H2,1-2H3,(H,11,12). The van der Waals surface area contributed by atoms with E-state index in [0.29, 0.717) is 18.0 Å². The molecule has 2 atom stereocenters. The minimum Gasteiger partial charge on any atom is -0.480 e. The molecule has 12 heavy (non-hydrogen) atoms. The highest BCUT2D eigenvalue weighted by atomic mass is 16.4. The van der Waals surface area contributed by atoms with Gasteiger partial charge in [-0.3, -0.25) is 4.79 Å². The summed E-state index contributed by atoms with van der Waals surface area (Å²) in [6, 6.07) is -0.329. The Hall–Kier alpha value is -0.610. The van der Waals surface area contributed by atoms with Gasteiger partial charge in [0.05, 0.1) is 0 Å². The van der Waals surface area contributed by atoms with Gasteiger partial charge in [-0.2, -0.15) is 0 Å². The second kappa shape index (κ2) is 3.03. The quantitative estimate of drug-likeness (QED) is 0.548. The van der Waals surface area contributed by atoms with Crippen molar-refractivity contribution < 1.29 is 9.90 Å². The first kappa shape index (κ1) is 9.48. The first-order valence-electron chi connectivity index (χ1n) is 4.15. The molecule has 4 heteroatoms. The van der Waals surface area contributed by atoms with Crippen molar-refractivity contribution in [3.8, 4) is 0 Å². The monoisotopic (exact) mass is 172 g/mol. The molecule has 0 radical (unpaired) electrons. The van der Waals surface area contributed by atoms with Crippen molar-refractivity contribution in [1.29, 1.82) is 0 Å². The lowest BCUT2D eigenvalue weighted by atomic mass is 10.2. The summed E-state index contributed by atoms with van der Waals surface area (Å²) in [6.45, 7) is 4.66. The summed E-state index contributed by atoms with van der Waals surface area (Å²) in [5.74, 6) is -0.944. The van der Waals surface area contributed by atoms with Gasteiger partial charge in [0.1, 0.15) is 6.04 Å². The van der Waals surface area contributed by atoms with E-state index in [1.165, 1.54) is 0 Å². The smallest absolute Gasteiger partial charge is 0.321 e. The molecule has 4 N–H and O–H groups in total. The first-order chi connectivity index (χ1) is 5.43. The van der Waals surface area contributed by atoms with Gasteiger partial charge in [0, 0.05) is 12.6 Å². The highest BCUT2D eigenvalue weighted by molar-refractivity contribution is 5.73. The summed E-state index contributed by atoms with van der Waals surface area (Å²) >= 11 is 0. The van der Waals surface area contributed by atoms with Crippen LogP contribution in [0, 0.1) is 5.41 Å². The number of aliphatic carboxylic acids is 1. The summed E-state index contributed by atoms with van der Waals surface area (Å²) in [4.78, 5) is 10.3. The summed E-state index contributed by atoms with van der Waals surface area (Å²) in [6.07, 6.45) is 1.11. The van der Waals surface area contributed by atoms with Crippen molar-refractivity contribution in [2.45, 2.75) is 32.4 Å². The minimum absolute atomic E-state index is 0.332. The van der Waals surface area contributed by atoms with Crippen LogP contribution in [-0.2, 0) is 4.79 Å². The minimum atomic E-state index is -0.944. The number of nitrogens with one attached hydrogen (secondary N) is 1. The lowest BCUT2D eigenvalue weighted by molar-refractivity contribution is -0.138. The van der Waals surface area contributed by atoms with Crippen LogP contribution in [0.3, 0.4) is 0 Å². The molecule has 0 spiro atoms. The number of hydrogen-bond donors (Lipinski definition) is 3. The van der Waals surface area contributed by atoms with Gasteiger partial charge in [-0.1, -0.05) is 13.8 Å². The van der Waals surface area contributed by atoms with Crippen molar-refractivity contribution in [2.75, 3.05) is 6.54 Å². The molecule has 0 aromatic rings. The zero-order valence-corrected chi connectivity index (χ0v) is 7.50. The third-order valence-corrected chi connectivity index (χ3v) is 2.41. The molecule has 2 unspecified atom stereocenters. The fourth-order valence-electron chi connectivity index (χ4n) is 1.17. The van der Waals surface area contributed by atoms with E-state index >= 15 is 0 Å². The fraction of sp³-hybridized carbons (Fsp3) is 0.875. The third kappa shape index (κ3) is 2.19. The van der Waals surface area contributed by atoms with Crippen molar-refractivity contribution >= 4 is 5.97 Å². The van der Waals surface area contributed by atoms with E-state index < -0.39 is 12.0 Å². The van der Waals surface area contributed by atoms with Crippen molar-refractivity contribution in [1.82, 2.24) is 5.32 Å². The predicted octanol–water partition coefficient (Wildman–Crippen LogP) is -0.214. The van der Waals surface area contributed by atoms with Crippen LogP contribution in [0.5, 0.6) is 0 Å². The molecule has 0 bridgehead atoms. The second-order valence-electron chi connectivity index (χ2n) is 4.10. The summed E-state index contributed by atoms with van der Waals surface area (Å²) in [5, 5.41) is 11.6. The molecule has 1 fully saturated rings. The second-order valence-corrected chi connectivity index (χ2v) is 4.10. The Morgan fingerprint density at radius 3 is 2.67 bits per heavy atom. The predicted molar refractivity (Wildman–Crippen MR) is 45.8 cm³/mol. The van der Waals surface area contributed by atoms with E-state index in [1.54, 1.807) is 0 Å². The van der Waals surface area contributed by atoms with Gasteiger partial charge >= 0.3 is 5.97 Å². The molecule has 70 valence electrons. The van der Waals surface area contributed by atoms with Gasteiger partial charge < -0.3 is 16.2 Å². The number of carbonyl (C=O) groups is 1. The van der Waals surface area contributed by atoms with Crippen LogP contribution in [0.4, 0.5) is 0 Å². The average Bonchev–Trinajstić information content (AvgIpc) is 2.54. The van der Waals surface area contributed by atoms with Crippen molar-refractivity contribution in [2.24, 2.45) is 11.1 Å². The number of nitrogens with two attached hydrogens (primary N) is 1. The average molecular weight is 172 g/mol. The maximum absolute atomic E-state index is 10.3. The zero-order chi connectivity index (χ0) is 9.35. The topological polar surface area (TPSA) is 75.3 Å². The molecule has 0 aromatic heterocycles. The first-order valence-corrected chi connectivity index (χ1v) is 4.15. The Balaban J connectivity index is 2.15. The van der Waals surface area contributed by atoms with Crippen LogP contribution in [0.2, 0.25) is 0 Å². The van der Waals surface area contributed by atoms with Crippen LogP contribution < -0.4 is 11.1 Å². The molecule has 0 heterocycles. The van der Waals surface area contributed by atoms with E-state index in [1.807, 2.05) is 0 Å². The normalized spacial score (nSPS) is 28.1. The third-order valence-electron chi connectivity index (χ3n) is 2.41. The van der Waals surface area contributed by atoms with Crippen LogP contribution in [-0.4, -0.2) is 29.7 Å². The lowest BCUT2D eigenvalue weighted by Crippen LogP contribution is -2.41. The summed E-state index contributed by atoms with van der Waals surface area (Å²) in [7, 11) is 0. The Morgan fingerprint density at radius 1 is 1.83 bits per heavy atom. The highest BCUT2D eigenvalue weighted by Crippen LogP contribution is 2.44. The van der Waals surface area contributed by atoms with Crippen molar-refractivity contribution in [3.05, 3.63) is 0 Å². The van der Waals surface area contributed by atoms with Gasteiger partial charge in [-0.05, 0) is 11.8 Å². The number of carboxylic acid groups (broad SMARTS) is 1. The fourth-order valence-corrected chi connectivity index (χ4v) is 1.17. The maximum atomic E-state index is 10.3. The number of hydrogen-bond acceptors (Lipinski definition) is 3. The Morgan fingerprint density at radius 2 is 2.33 bits per heavy atom. The number of rotatable bonds is 4. The van der Waals surface area contributed by atoms with Gasteiger partial charge in [0.15, 0.2) is 0 Å². The van der Waals surface area contributed by atoms with Crippen LogP contribution >= 0.6 is 0 Å². The van der Waals surface area contributed by atoms with E-state index in [2.05, 4.69) is 19.2 Å². The summed E-state index contributed by atoms with van der Waals surface area (Å²) < 4.78 is 0. The van der Waals surface area contributed by atoms with E-state index in [-0.39, 0.29) is 0 Å². The van der Waals surface area contributed by atoms with E-state index in [9.17, 15) is 4.79 Å². The van der Waals surface area contributed by atoms with Crippen molar-refractivity contribution in [3.63, 3.8) is 0 Å². The Kier molecular flexibility index (Phi) is 2.39. The van der Waals surface area contributed by atoms with Gasteiger partial charge in [-0.15, -0.1) is 0 Å². The van der Waals surface area contributed by atoms with Crippen LogP contribution in [0.1, 0.15) is 20.3 Å². The molecule has 4 nitrogen and oxygen atoms in total. The molecule has 0 amide bonds. The highest BCUT2D eigenvalue weighted by Gasteiger charge is 2.45. The molecule has 0 aromatic carbocycles. The summed E-state index contributed by atoms with van der Waals surface area (Å²) in [5.41, 5.74) is 5.65. The SMILES string of the molecule is CC1(C)CC1NCC(N)C(=O)O. The van der Waals surface area contributed by atoms with Gasteiger partial charge in [-0.25, -0.2) is 0 Å². The molecule has 0 aliphatic heterocycles. The molecular weight excluding hydrogens is 156 g/mol. The molecule has 1 aliphatic carbocycles. The molecule has 0 saturated heterocycles. The largest absolute Gasteiger partial charge is 0.480 e. The van der Waals surface area contributed by atoms with E-state index in [0.717, 1.165) is 6.42 Å². The van der Waals surface area contributed by atoms with Gasteiger partial charge in [0.2, 0.25) is 0 Å². The Bertz CT molecular complexity index is 191. The van der Waals surface area contributed by atoms with Crippen LogP contribution in [0.25, 0.3) is 0 Å². The Labute approximate surface area is 72.1 Å². The lowest BCUT2D eigenvalue weighted by Gasteiger charge is -2.09. The van der Waals surface area contributed by atoms with Gasteiger partial charge in [0.25, 0.3) is 0 Å². The molecule has 1 saturated carbocycles. The maximum Gasteiger partial charge on any atom is 0.321 e. The van der Waals surface area contributed by atoms with E-state index in [4.69, 9.17) is 10.8 Å². The number of carboxylic acids is 1. The molecular formula is C8H16N2O2. The molecule has 1 rings (SSSR count). The van der Waals surface area contributed by atoms with Crippen LogP contribution in [0.15, 0.2) is 0 Å². The zero-order valence-electron chi connectivity index (χ0n) is 7.50. The molecule has 1 aliphatic rings.